The molecule has 0 aliphatic rings. The molecule has 0 fully saturated rings. The average molecular weight is 373 g/mol. The number of benzene rings is 1. The van der Waals surface area contributed by atoms with Crippen molar-refractivity contribution in [1.29, 1.82) is 0 Å². The largest absolute Gasteiger partial charge is 0.468 e. The number of nitrogens with one attached hydrogen (secondary N) is 1. The third-order valence-corrected chi connectivity index (χ3v) is 4.32. The Balaban J connectivity index is 3.20. The van der Waals surface area contributed by atoms with Gasteiger partial charge in [-0.15, -0.1) is 0 Å². The van der Waals surface area contributed by atoms with Crippen molar-refractivity contribution >= 4 is 21.3 Å². The summed E-state index contributed by atoms with van der Waals surface area (Å²) in [7, 11) is -3.66. The Bertz CT molecular complexity index is 710. The van der Waals surface area contributed by atoms with Crippen LogP contribution in [0.1, 0.15) is 26.3 Å². The number of hydrogen-bond acceptors (Lipinski definition) is 7. The lowest BCUT2D eigenvalue weighted by Crippen LogP contribution is -2.60. The van der Waals surface area contributed by atoms with Crippen molar-refractivity contribution in [2.24, 2.45) is 0 Å². The highest BCUT2D eigenvalue weighted by Crippen LogP contribution is 2.19. The molecule has 8 nitrogen and oxygen atoms in total. The van der Waals surface area contributed by atoms with Gasteiger partial charge in [0.05, 0.1) is 13.7 Å². The first-order valence-electron chi connectivity index (χ1n) is 7.46. The summed E-state index contributed by atoms with van der Waals surface area (Å²) in [6.45, 7) is 3.61. The van der Waals surface area contributed by atoms with Gasteiger partial charge in [-0.1, -0.05) is 30.3 Å². The zero-order valence-corrected chi connectivity index (χ0v) is 15.4. The maximum Gasteiger partial charge on any atom is 0.440 e. The van der Waals surface area contributed by atoms with Gasteiger partial charge in [0.2, 0.25) is 0 Å². The first-order valence-corrected chi connectivity index (χ1v) is 8.94. The number of esters is 1. The first-order chi connectivity index (χ1) is 11.5. The smallest absolute Gasteiger partial charge is 0.440 e. The zero-order chi connectivity index (χ0) is 19.3. The van der Waals surface area contributed by atoms with E-state index in [1.165, 1.54) is 20.8 Å². The average Bonchev–Trinajstić information content (AvgIpc) is 2.52. The van der Waals surface area contributed by atoms with Gasteiger partial charge in [-0.05, 0) is 26.3 Å². The molecular weight excluding hydrogens is 350 g/mol. The lowest BCUT2D eigenvalue weighted by atomic mass is 9.93. The van der Waals surface area contributed by atoms with Gasteiger partial charge in [-0.25, -0.2) is 18.0 Å². The summed E-state index contributed by atoms with van der Waals surface area (Å²) in [5.41, 5.74) is -2.53. The van der Waals surface area contributed by atoms with E-state index in [9.17, 15) is 23.1 Å². The van der Waals surface area contributed by atoms with E-state index in [0.29, 0.717) is 5.56 Å². The van der Waals surface area contributed by atoms with Gasteiger partial charge in [0.15, 0.2) is 5.54 Å². The second-order valence-electron chi connectivity index (χ2n) is 6.46. The van der Waals surface area contributed by atoms with E-state index >= 15 is 0 Å². The van der Waals surface area contributed by atoms with Crippen LogP contribution in [0.2, 0.25) is 0 Å². The van der Waals surface area contributed by atoms with Gasteiger partial charge < -0.3 is 14.6 Å². The van der Waals surface area contributed by atoms with Crippen LogP contribution >= 0.6 is 0 Å². The predicted molar refractivity (Wildman–Crippen MR) is 90.3 cm³/mol. The van der Waals surface area contributed by atoms with Crippen molar-refractivity contribution < 1.29 is 32.6 Å². The second-order valence-corrected chi connectivity index (χ2v) is 8.01. The Morgan fingerprint density at radius 3 is 2.16 bits per heavy atom. The lowest BCUT2D eigenvalue weighted by molar-refractivity contribution is -0.149. The van der Waals surface area contributed by atoms with Gasteiger partial charge in [0.25, 0.3) is 0 Å². The molecule has 0 saturated carbocycles. The van der Waals surface area contributed by atoms with Gasteiger partial charge in [-0.2, -0.15) is 4.72 Å². The normalized spacial score (nSPS) is 14.4. The van der Waals surface area contributed by atoms with Gasteiger partial charge in [0.1, 0.15) is 5.60 Å². The minimum Gasteiger partial charge on any atom is -0.468 e. The van der Waals surface area contributed by atoms with E-state index in [1.807, 2.05) is 4.72 Å². The molecule has 25 heavy (non-hydrogen) atoms. The molecule has 0 aromatic heterocycles. The Morgan fingerprint density at radius 2 is 1.72 bits per heavy atom. The number of hydrogen-bond donors (Lipinski definition) is 2. The van der Waals surface area contributed by atoms with E-state index < -0.39 is 39.0 Å². The standard InChI is InChI=1S/C16H23NO7S/c1-15(2,3)24-14(20)25(21,22)17-16(11-18,13(19)23-4)10-12-8-6-5-7-9-12/h5-9,17-18H,10-11H2,1-4H3. The maximum atomic E-state index is 12.3. The molecule has 0 heterocycles. The number of aliphatic hydroxyl groups excluding tert-OH is 1. The summed E-state index contributed by atoms with van der Waals surface area (Å²) in [5, 5.41) is 8.19. The molecule has 1 rings (SSSR count). The molecule has 2 N–H and O–H groups in total. The summed E-state index contributed by atoms with van der Waals surface area (Å²) < 4.78 is 36.0. The lowest BCUT2D eigenvalue weighted by Gasteiger charge is -2.30. The summed E-state index contributed by atoms with van der Waals surface area (Å²) >= 11 is 0. The summed E-state index contributed by atoms with van der Waals surface area (Å²) in [4.78, 5) is 24.1. The molecule has 0 aliphatic carbocycles. The molecule has 1 atom stereocenters. The van der Waals surface area contributed by atoms with Gasteiger partial charge >= 0.3 is 21.3 Å². The van der Waals surface area contributed by atoms with Crippen molar-refractivity contribution in [3.05, 3.63) is 35.9 Å². The fourth-order valence-corrected chi connectivity index (χ4v) is 3.22. The molecule has 1 aromatic rings. The fraction of sp³-hybridized carbons (Fsp3) is 0.500. The molecule has 9 heteroatoms. The summed E-state index contributed by atoms with van der Waals surface area (Å²) in [6.07, 6.45) is -0.209. The van der Waals surface area contributed by atoms with Crippen LogP contribution in [0, 0.1) is 0 Å². The number of rotatable bonds is 6. The van der Waals surface area contributed by atoms with E-state index in [0.717, 1.165) is 7.11 Å². The van der Waals surface area contributed by atoms with E-state index in [1.54, 1.807) is 30.3 Å². The predicted octanol–water partition coefficient (Wildman–Crippen LogP) is 0.988. The number of sulfonamides is 1. The molecule has 0 radical (unpaired) electrons. The minimum atomic E-state index is -4.71. The second kappa shape index (κ2) is 7.94. The molecule has 0 aliphatic heterocycles. The highest BCUT2D eigenvalue weighted by molar-refractivity contribution is 8.04. The Labute approximate surface area is 147 Å². The van der Waals surface area contributed by atoms with Crippen LogP contribution in [0.25, 0.3) is 0 Å². The molecule has 1 unspecified atom stereocenters. The summed E-state index contributed by atoms with van der Waals surface area (Å²) in [5.74, 6) is -1.02. The van der Waals surface area contributed by atoms with Gasteiger partial charge in [0, 0.05) is 6.42 Å². The van der Waals surface area contributed by atoms with Crippen LogP contribution in [0.4, 0.5) is 4.79 Å². The highest BCUT2D eigenvalue weighted by atomic mass is 32.2. The minimum absolute atomic E-state index is 0.209. The van der Waals surface area contributed by atoms with Crippen molar-refractivity contribution in [2.75, 3.05) is 13.7 Å². The van der Waals surface area contributed by atoms with Crippen LogP contribution in [0.5, 0.6) is 0 Å². The number of aliphatic hydroxyl groups is 1. The third kappa shape index (κ3) is 5.80. The number of ether oxygens (including phenoxy) is 2. The molecule has 140 valence electrons. The number of carbonyl (C=O) groups excluding carboxylic acids is 2. The molecule has 1 aromatic carbocycles. The SMILES string of the molecule is COC(=O)C(CO)(Cc1ccccc1)NS(=O)(=O)C(=O)OC(C)(C)C. The molecule has 0 bridgehead atoms. The molecule has 0 amide bonds. The van der Waals surface area contributed by atoms with Gasteiger partial charge in [-0.3, -0.25) is 0 Å². The fourth-order valence-electron chi connectivity index (χ4n) is 2.05. The zero-order valence-electron chi connectivity index (χ0n) is 14.6. The van der Waals surface area contributed by atoms with Crippen molar-refractivity contribution in [3.63, 3.8) is 0 Å². The molecule has 0 spiro atoms. The summed E-state index contributed by atoms with van der Waals surface area (Å²) in [6, 6.07) is 8.42. The van der Waals surface area contributed by atoms with Crippen molar-refractivity contribution in [3.8, 4) is 0 Å². The van der Waals surface area contributed by atoms with E-state index in [4.69, 9.17) is 4.74 Å². The number of carbonyl (C=O) groups is 2. The maximum absolute atomic E-state index is 12.3. The van der Waals surface area contributed by atoms with Crippen LogP contribution < -0.4 is 4.72 Å². The van der Waals surface area contributed by atoms with Crippen LogP contribution in [0.3, 0.4) is 0 Å². The Morgan fingerprint density at radius 1 is 1.16 bits per heavy atom. The van der Waals surface area contributed by atoms with E-state index in [2.05, 4.69) is 4.74 Å². The van der Waals surface area contributed by atoms with Crippen LogP contribution in [-0.4, -0.2) is 49.7 Å². The first kappa shape index (κ1) is 21.1. The Kier molecular flexibility index (Phi) is 6.69. The molecular formula is C16H23NO7S. The van der Waals surface area contributed by atoms with Crippen molar-refractivity contribution in [1.82, 2.24) is 4.72 Å². The topological polar surface area (TPSA) is 119 Å². The third-order valence-electron chi connectivity index (χ3n) is 3.13. The van der Waals surface area contributed by atoms with Crippen molar-refractivity contribution in [2.45, 2.75) is 38.3 Å². The number of methoxy groups -OCH3 is 1. The van der Waals surface area contributed by atoms with Crippen LogP contribution in [0.15, 0.2) is 30.3 Å². The van der Waals surface area contributed by atoms with E-state index in [-0.39, 0.29) is 6.42 Å². The van der Waals surface area contributed by atoms with Crippen LogP contribution in [-0.2, 0) is 30.7 Å². The quantitative estimate of drug-likeness (QED) is 0.714. The molecule has 0 saturated heterocycles. The monoisotopic (exact) mass is 373 g/mol. The Hall–Kier alpha value is -1.97. The highest BCUT2D eigenvalue weighted by Gasteiger charge is 2.46.